The molecule has 154 valence electrons. The molecule has 2 aromatic carbocycles. The Balaban J connectivity index is 1.52. The Labute approximate surface area is 179 Å². The van der Waals surface area contributed by atoms with Crippen molar-refractivity contribution in [3.63, 3.8) is 0 Å². The van der Waals surface area contributed by atoms with Gasteiger partial charge in [0.2, 0.25) is 0 Å². The van der Waals surface area contributed by atoms with Crippen LogP contribution in [0.2, 0.25) is 5.02 Å². The van der Waals surface area contributed by atoms with E-state index < -0.39 is 4.92 Å². The number of likely N-dealkylation sites (tertiary alicyclic amines) is 1. The number of anilines is 1. The first kappa shape index (κ1) is 19.1. The number of carbonyl (C=O) groups excluding carboxylic acids is 1. The molecule has 1 N–H and O–H groups in total. The van der Waals surface area contributed by atoms with Crippen molar-refractivity contribution in [2.24, 2.45) is 5.92 Å². The van der Waals surface area contributed by atoms with Crippen LogP contribution in [-0.4, -0.2) is 28.8 Å². The maximum Gasteiger partial charge on any atom is 0.269 e. The topological polar surface area (TPSA) is 75.5 Å². The predicted molar refractivity (Wildman–Crippen MR) is 116 cm³/mol. The van der Waals surface area contributed by atoms with Crippen molar-refractivity contribution in [3.8, 4) is 0 Å². The van der Waals surface area contributed by atoms with Gasteiger partial charge < -0.3 is 10.2 Å². The van der Waals surface area contributed by atoms with Crippen LogP contribution in [0.5, 0.6) is 0 Å². The predicted octanol–water partition coefficient (Wildman–Crippen LogP) is 5.31. The van der Waals surface area contributed by atoms with E-state index in [0.29, 0.717) is 5.02 Å². The number of rotatable bonds is 3. The number of nitrogens with zero attached hydrogens (tertiary/aromatic N) is 2. The first-order chi connectivity index (χ1) is 14.5. The van der Waals surface area contributed by atoms with Gasteiger partial charge in [-0.3, -0.25) is 14.9 Å². The minimum absolute atomic E-state index is 0.0380. The molecule has 3 aliphatic rings. The van der Waals surface area contributed by atoms with Crippen molar-refractivity contribution in [1.82, 2.24) is 4.90 Å². The lowest BCUT2D eigenvalue weighted by molar-refractivity contribution is -0.384. The third kappa shape index (κ3) is 3.16. The van der Waals surface area contributed by atoms with Crippen molar-refractivity contribution in [2.75, 3.05) is 18.4 Å². The molecule has 2 heterocycles. The molecule has 0 spiro atoms. The lowest BCUT2D eigenvalue weighted by Gasteiger charge is -2.38. The second-order valence-electron chi connectivity index (χ2n) is 8.24. The third-order valence-electron chi connectivity index (χ3n) is 6.53. The summed E-state index contributed by atoms with van der Waals surface area (Å²) in [7, 11) is 0. The van der Waals surface area contributed by atoms with Crippen LogP contribution in [0.1, 0.15) is 52.7 Å². The molecule has 0 radical (unpaired) electrons. The Kier molecular flexibility index (Phi) is 4.74. The van der Waals surface area contributed by atoms with Crippen molar-refractivity contribution in [1.29, 1.82) is 0 Å². The average molecular weight is 424 g/mol. The lowest BCUT2D eigenvalue weighted by Crippen LogP contribution is -2.31. The maximum absolute atomic E-state index is 12.9. The second kappa shape index (κ2) is 7.43. The first-order valence-corrected chi connectivity index (χ1v) is 10.7. The van der Waals surface area contributed by atoms with Gasteiger partial charge >= 0.3 is 0 Å². The van der Waals surface area contributed by atoms with Gasteiger partial charge in [-0.2, -0.15) is 0 Å². The maximum atomic E-state index is 12.9. The molecular formula is C23H22ClN3O3. The summed E-state index contributed by atoms with van der Waals surface area (Å²) in [6.07, 6.45) is 7.33. The SMILES string of the molecule is O=C(c1ccc2c(c1)C1C=CCC1C(c1cc([N+](=O)[O-])ccc1Cl)N2)N1CCCC1. The van der Waals surface area contributed by atoms with Gasteiger partial charge in [0.1, 0.15) is 0 Å². The molecule has 0 aromatic heterocycles. The summed E-state index contributed by atoms with van der Waals surface area (Å²) in [6.45, 7) is 1.65. The zero-order valence-electron chi connectivity index (χ0n) is 16.4. The summed E-state index contributed by atoms with van der Waals surface area (Å²) >= 11 is 6.46. The number of carbonyl (C=O) groups is 1. The van der Waals surface area contributed by atoms with E-state index in [-0.39, 0.29) is 29.5 Å². The molecule has 7 heteroatoms. The number of hydrogen-bond acceptors (Lipinski definition) is 4. The standard InChI is InChI=1S/C23H22ClN3O3/c24-20-8-7-15(27(29)30)13-19(20)22-17-5-3-4-16(17)18-12-14(6-9-21(18)25-22)23(28)26-10-1-2-11-26/h3-4,6-9,12-13,16-17,22,25H,1-2,5,10-11H2. The van der Waals surface area contributed by atoms with Crippen LogP contribution in [0, 0.1) is 16.0 Å². The van der Waals surface area contributed by atoms with Crippen molar-refractivity contribution in [3.05, 3.63) is 80.4 Å². The molecule has 5 rings (SSSR count). The number of benzene rings is 2. The largest absolute Gasteiger partial charge is 0.378 e. The molecule has 6 nitrogen and oxygen atoms in total. The second-order valence-corrected chi connectivity index (χ2v) is 8.65. The Morgan fingerprint density at radius 2 is 1.93 bits per heavy atom. The number of allylic oxidation sites excluding steroid dienone is 2. The van der Waals surface area contributed by atoms with Crippen LogP contribution in [0.25, 0.3) is 0 Å². The number of non-ortho nitro benzene ring substituents is 1. The fourth-order valence-electron chi connectivity index (χ4n) is 5.02. The van der Waals surface area contributed by atoms with Gasteiger partial charge in [0.25, 0.3) is 11.6 Å². The number of halogens is 1. The Bertz CT molecular complexity index is 1060. The summed E-state index contributed by atoms with van der Waals surface area (Å²) in [6, 6.07) is 10.3. The zero-order chi connectivity index (χ0) is 20.8. The Hall–Kier alpha value is -2.86. The summed E-state index contributed by atoms with van der Waals surface area (Å²) in [5.74, 6) is 0.430. The van der Waals surface area contributed by atoms with E-state index in [2.05, 4.69) is 17.5 Å². The lowest BCUT2D eigenvalue weighted by atomic mass is 9.76. The molecule has 3 atom stereocenters. The summed E-state index contributed by atoms with van der Waals surface area (Å²) in [5, 5.41) is 15.4. The van der Waals surface area contributed by atoms with E-state index >= 15 is 0 Å². The van der Waals surface area contributed by atoms with Gasteiger partial charge in [-0.25, -0.2) is 0 Å². The van der Waals surface area contributed by atoms with Gasteiger partial charge in [-0.1, -0.05) is 23.8 Å². The zero-order valence-corrected chi connectivity index (χ0v) is 17.1. The van der Waals surface area contributed by atoms with Crippen LogP contribution in [-0.2, 0) is 0 Å². The van der Waals surface area contributed by atoms with Crippen molar-refractivity contribution < 1.29 is 9.72 Å². The molecule has 2 aliphatic heterocycles. The van der Waals surface area contributed by atoms with E-state index in [1.165, 1.54) is 6.07 Å². The van der Waals surface area contributed by atoms with Crippen LogP contribution in [0.4, 0.5) is 11.4 Å². The molecule has 2 aromatic rings. The highest BCUT2D eigenvalue weighted by molar-refractivity contribution is 6.31. The molecule has 1 fully saturated rings. The Morgan fingerprint density at radius 3 is 2.70 bits per heavy atom. The van der Waals surface area contributed by atoms with Gasteiger partial charge in [0.15, 0.2) is 0 Å². The molecule has 1 amide bonds. The Morgan fingerprint density at radius 1 is 1.13 bits per heavy atom. The minimum Gasteiger partial charge on any atom is -0.378 e. The molecule has 3 unspecified atom stereocenters. The van der Waals surface area contributed by atoms with Crippen LogP contribution in [0.3, 0.4) is 0 Å². The normalized spacial score (nSPS) is 24.3. The average Bonchev–Trinajstić information content (AvgIpc) is 3.45. The van der Waals surface area contributed by atoms with E-state index in [1.807, 2.05) is 23.1 Å². The fraction of sp³-hybridized carbons (Fsp3) is 0.348. The third-order valence-corrected chi connectivity index (χ3v) is 6.87. The summed E-state index contributed by atoms with van der Waals surface area (Å²) in [5.41, 5.74) is 3.57. The molecule has 1 aliphatic carbocycles. The number of nitro benzene ring substituents is 1. The quantitative estimate of drug-likeness (QED) is 0.412. The molecule has 0 saturated carbocycles. The number of amides is 1. The smallest absolute Gasteiger partial charge is 0.269 e. The molecule has 0 bridgehead atoms. The highest BCUT2D eigenvalue weighted by atomic mass is 35.5. The highest BCUT2D eigenvalue weighted by Crippen LogP contribution is 2.51. The molecule has 30 heavy (non-hydrogen) atoms. The number of nitro groups is 1. The van der Waals surface area contributed by atoms with E-state index in [1.54, 1.807) is 12.1 Å². The minimum atomic E-state index is -0.392. The molecular weight excluding hydrogens is 402 g/mol. The van der Waals surface area contributed by atoms with Crippen LogP contribution < -0.4 is 5.32 Å². The van der Waals surface area contributed by atoms with E-state index in [4.69, 9.17) is 11.6 Å². The summed E-state index contributed by atoms with van der Waals surface area (Å²) < 4.78 is 0. The van der Waals surface area contributed by atoms with Gasteiger partial charge in [-0.15, -0.1) is 0 Å². The number of fused-ring (bicyclic) bond motifs is 3. The summed E-state index contributed by atoms with van der Waals surface area (Å²) in [4.78, 5) is 25.7. The highest BCUT2D eigenvalue weighted by Gasteiger charge is 2.39. The van der Waals surface area contributed by atoms with Gasteiger partial charge in [0.05, 0.1) is 11.0 Å². The monoisotopic (exact) mass is 423 g/mol. The van der Waals surface area contributed by atoms with Gasteiger partial charge in [-0.05, 0) is 55.0 Å². The number of hydrogen-bond donors (Lipinski definition) is 1. The van der Waals surface area contributed by atoms with Crippen molar-refractivity contribution in [2.45, 2.75) is 31.2 Å². The van der Waals surface area contributed by atoms with Crippen LogP contribution in [0.15, 0.2) is 48.6 Å². The fourth-order valence-corrected chi connectivity index (χ4v) is 5.26. The first-order valence-electron chi connectivity index (χ1n) is 10.3. The van der Waals surface area contributed by atoms with Gasteiger partial charge in [0, 0.05) is 53.0 Å². The van der Waals surface area contributed by atoms with E-state index in [0.717, 1.165) is 54.7 Å². The van der Waals surface area contributed by atoms with Crippen molar-refractivity contribution >= 4 is 28.9 Å². The van der Waals surface area contributed by atoms with E-state index in [9.17, 15) is 14.9 Å². The number of nitrogens with one attached hydrogen (secondary N) is 1. The van der Waals surface area contributed by atoms with Crippen LogP contribution >= 0.6 is 11.6 Å². The molecule has 1 saturated heterocycles.